The number of carbonyl (C=O) groups is 1. The first-order valence-electron chi connectivity index (χ1n) is 8.21. The van der Waals surface area contributed by atoms with Crippen molar-refractivity contribution in [1.29, 1.82) is 0 Å². The molecule has 0 aliphatic rings. The molecule has 0 aliphatic carbocycles. The monoisotopic (exact) mass is 396 g/mol. The Morgan fingerprint density at radius 1 is 1.29 bits per heavy atom. The highest BCUT2D eigenvalue weighted by Gasteiger charge is 2.36. The predicted molar refractivity (Wildman–Crippen MR) is 93.4 cm³/mol. The molecule has 3 rings (SSSR count). The topological polar surface area (TPSA) is 69.0 Å². The number of alkyl halides is 3. The van der Waals surface area contributed by atoms with E-state index in [0.717, 1.165) is 12.1 Å². The quantitative estimate of drug-likeness (QED) is 0.681. The summed E-state index contributed by atoms with van der Waals surface area (Å²) < 4.78 is 60.6. The molecular weight excluding hydrogens is 380 g/mol. The molecule has 0 fully saturated rings. The summed E-state index contributed by atoms with van der Waals surface area (Å²) in [6.07, 6.45) is -5.88. The van der Waals surface area contributed by atoms with E-state index in [-0.39, 0.29) is 28.3 Å². The van der Waals surface area contributed by atoms with Crippen molar-refractivity contribution in [3.05, 3.63) is 47.4 Å². The number of aryl methyl sites for hydroxylation is 2. The Balaban J connectivity index is 1.90. The van der Waals surface area contributed by atoms with Gasteiger partial charge in [0.25, 0.3) is 5.91 Å². The fourth-order valence-electron chi connectivity index (χ4n) is 2.74. The summed E-state index contributed by atoms with van der Waals surface area (Å²) in [5.74, 6) is -1.77. The highest BCUT2D eigenvalue weighted by atomic mass is 19.4. The number of anilines is 1. The van der Waals surface area contributed by atoms with Gasteiger partial charge in [-0.2, -0.15) is 23.3 Å². The third-order valence-corrected chi connectivity index (χ3v) is 4.05. The fourth-order valence-corrected chi connectivity index (χ4v) is 2.74. The molecule has 1 aromatic carbocycles. The lowest BCUT2D eigenvalue weighted by Crippen LogP contribution is -2.30. The Kier molecular flexibility index (Phi) is 4.97. The lowest BCUT2D eigenvalue weighted by Gasteiger charge is -2.16. The van der Waals surface area contributed by atoms with Gasteiger partial charge in [0.15, 0.2) is 11.8 Å². The Hall–Kier alpha value is -3.17. The minimum atomic E-state index is -4.66. The van der Waals surface area contributed by atoms with Crippen LogP contribution in [0, 0.1) is 12.7 Å². The molecule has 0 aliphatic heterocycles. The Bertz CT molecular complexity index is 1050. The van der Waals surface area contributed by atoms with Gasteiger partial charge in [-0.25, -0.2) is 4.39 Å². The summed E-state index contributed by atoms with van der Waals surface area (Å²) in [5, 5.41) is 6.15. The van der Waals surface area contributed by atoms with Crippen molar-refractivity contribution in [1.82, 2.24) is 14.8 Å². The van der Waals surface area contributed by atoms with Gasteiger partial charge in [-0.05, 0) is 26.0 Å². The van der Waals surface area contributed by atoms with Crippen LogP contribution in [0.1, 0.15) is 18.2 Å². The van der Waals surface area contributed by atoms with Gasteiger partial charge in [0.2, 0.25) is 5.88 Å². The van der Waals surface area contributed by atoms with Crippen LogP contribution in [0.5, 0.6) is 5.88 Å². The van der Waals surface area contributed by atoms with E-state index in [1.54, 1.807) is 0 Å². The van der Waals surface area contributed by atoms with E-state index in [1.165, 1.54) is 43.8 Å². The van der Waals surface area contributed by atoms with Gasteiger partial charge in [-0.1, -0.05) is 12.1 Å². The second kappa shape index (κ2) is 7.10. The minimum absolute atomic E-state index is 0.0240. The van der Waals surface area contributed by atoms with E-state index < -0.39 is 29.6 Å². The molecule has 10 heteroatoms. The van der Waals surface area contributed by atoms with Gasteiger partial charge in [-0.3, -0.25) is 9.48 Å². The molecule has 148 valence electrons. The zero-order valence-electron chi connectivity index (χ0n) is 15.1. The highest BCUT2D eigenvalue weighted by molar-refractivity contribution is 5.94. The first kappa shape index (κ1) is 19.6. The Morgan fingerprint density at radius 2 is 1.96 bits per heavy atom. The molecule has 6 nitrogen and oxygen atoms in total. The molecule has 2 aromatic heterocycles. The number of ether oxygens (including phenoxy) is 1. The molecule has 2 heterocycles. The molecule has 1 atom stereocenters. The molecule has 0 spiro atoms. The molecule has 3 aromatic rings. The number of rotatable bonds is 4. The van der Waals surface area contributed by atoms with Crippen LogP contribution in [0.25, 0.3) is 11.0 Å². The molecule has 28 heavy (non-hydrogen) atoms. The number of pyridine rings is 1. The van der Waals surface area contributed by atoms with E-state index in [9.17, 15) is 22.4 Å². The maximum atomic E-state index is 13.6. The van der Waals surface area contributed by atoms with Crippen LogP contribution in [0.15, 0.2) is 30.3 Å². The van der Waals surface area contributed by atoms with Crippen LogP contribution in [-0.2, 0) is 18.0 Å². The second-order valence-electron chi connectivity index (χ2n) is 6.14. The molecule has 0 radical (unpaired) electrons. The van der Waals surface area contributed by atoms with Gasteiger partial charge < -0.3 is 10.1 Å². The molecule has 0 unspecified atom stereocenters. The maximum absolute atomic E-state index is 13.6. The number of hydrogen-bond donors (Lipinski definition) is 1. The normalized spacial score (nSPS) is 12.8. The summed E-state index contributed by atoms with van der Waals surface area (Å²) in [6.45, 7) is 2.77. The summed E-state index contributed by atoms with van der Waals surface area (Å²) in [5.41, 5.74) is -0.873. The maximum Gasteiger partial charge on any atom is 0.417 e. The smallest absolute Gasteiger partial charge is 0.417 e. The van der Waals surface area contributed by atoms with Crippen LogP contribution in [0.4, 0.5) is 23.2 Å². The van der Waals surface area contributed by atoms with Crippen molar-refractivity contribution in [2.24, 2.45) is 7.05 Å². The zero-order valence-corrected chi connectivity index (χ0v) is 15.1. The van der Waals surface area contributed by atoms with Crippen molar-refractivity contribution < 1.29 is 27.1 Å². The number of hydrogen-bond acceptors (Lipinski definition) is 4. The Labute approximate surface area is 157 Å². The predicted octanol–water partition coefficient (Wildman–Crippen LogP) is 3.84. The summed E-state index contributed by atoms with van der Waals surface area (Å²) >= 11 is 0. The number of amides is 1. The first-order valence-corrected chi connectivity index (χ1v) is 8.21. The number of carbonyl (C=O) groups excluding carboxylic acids is 1. The van der Waals surface area contributed by atoms with Crippen LogP contribution >= 0.6 is 0 Å². The van der Waals surface area contributed by atoms with Crippen molar-refractivity contribution >= 4 is 22.6 Å². The second-order valence-corrected chi connectivity index (χ2v) is 6.14. The summed E-state index contributed by atoms with van der Waals surface area (Å²) in [4.78, 5) is 16.3. The number of fused-ring (bicyclic) bond motifs is 1. The first-order chi connectivity index (χ1) is 13.1. The van der Waals surface area contributed by atoms with E-state index in [4.69, 9.17) is 4.74 Å². The van der Waals surface area contributed by atoms with E-state index in [0.29, 0.717) is 0 Å². The third-order valence-electron chi connectivity index (χ3n) is 4.05. The lowest BCUT2D eigenvalue weighted by molar-refractivity contribution is -0.136. The average Bonchev–Trinajstić information content (AvgIpc) is 2.89. The van der Waals surface area contributed by atoms with Crippen molar-refractivity contribution in [3.63, 3.8) is 0 Å². The van der Waals surface area contributed by atoms with E-state index >= 15 is 0 Å². The van der Waals surface area contributed by atoms with Crippen LogP contribution in [0.3, 0.4) is 0 Å². The Morgan fingerprint density at radius 3 is 2.61 bits per heavy atom. The van der Waals surface area contributed by atoms with E-state index in [1.807, 2.05) is 0 Å². The lowest BCUT2D eigenvalue weighted by atomic mass is 10.1. The van der Waals surface area contributed by atoms with Crippen molar-refractivity contribution in [2.75, 3.05) is 5.32 Å². The number of benzene rings is 1. The van der Waals surface area contributed by atoms with Crippen molar-refractivity contribution in [3.8, 4) is 5.88 Å². The standard InChI is InChI=1S/C18H16F4N4O2/c1-9-15-11(18(20,21)22)8-14(24-16(15)26(3)25-9)28-10(2)17(27)23-13-7-5-4-6-12(13)19/h4-8,10H,1-3H3,(H,23,27)/t10-/m0/s1. The number of nitrogens with one attached hydrogen (secondary N) is 1. The van der Waals surface area contributed by atoms with E-state index in [2.05, 4.69) is 15.4 Å². The molecule has 0 saturated carbocycles. The molecule has 0 bridgehead atoms. The average molecular weight is 396 g/mol. The van der Waals surface area contributed by atoms with Gasteiger partial charge in [-0.15, -0.1) is 0 Å². The third kappa shape index (κ3) is 3.75. The minimum Gasteiger partial charge on any atom is -0.464 e. The summed E-state index contributed by atoms with van der Waals surface area (Å²) in [6, 6.07) is 6.23. The SMILES string of the molecule is Cc1nn(C)c2nc(O[C@@H](C)C(=O)Nc3ccccc3F)cc(C(F)(F)F)c12. The van der Waals surface area contributed by atoms with Crippen LogP contribution < -0.4 is 10.1 Å². The van der Waals surface area contributed by atoms with Gasteiger partial charge in [0, 0.05) is 13.1 Å². The molecular formula is C18H16F4N4O2. The zero-order chi connectivity index (χ0) is 20.6. The molecule has 1 N–H and O–H groups in total. The van der Waals surface area contributed by atoms with Crippen molar-refractivity contribution in [2.45, 2.75) is 26.1 Å². The molecule has 0 saturated heterocycles. The largest absolute Gasteiger partial charge is 0.464 e. The summed E-state index contributed by atoms with van der Waals surface area (Å²) in [7, 11) is 1.46. The number of para-hydroxylation sites is 1. The highest BCUT2D eigenvalue weighted by Crippen LogP contribution is 2.37. The number of aromatic nitrogens is 3. The fraction of sp³-hybridized carbons (Fsp3) is 0.278. The molecule has 1 amide bonds. The van der Waals surface area contributed by atoms with Crippen LogP contribution in [-0.4, -0.2) is 26.8 Å². The van der Waals surface area contributed by atoms with Gasteiger partial charge in [0.1, 0.15) is 5.82 Å². The van der Waals surface area contributed by atoms with Gasteiger partial charge in [0.05, 0.1) is 22.3 Å². The van der Waals surface area contributed by atoms with Gasteiger partial charge >= 0.3 is 6.18 Å². The number of halogens is 4. The van der Waals surface area contributed by atoms with Crippen LogP contribution in [0.2, 0.25) is 0 Å². The number of nitrogens with zero attached hydrogens (tertiary/aromatic N) is 3.